The van der Waals surface area contributed by atoms with Crippen molar-refractivity contribution in [1.29, 1.82) is 0 Å². The topological polar surface area (TPSA) is 93.5 Å². The molecule has 2 aromatic rings. The molecule has 0 atom stereocenters. The van der Waals surface area contributed by atoms with Crippen LogP contribution in [0.25, 0.3) is 0 Å². The molecule has 2 heterocycles. The van der Waals surface area contributed by atoms with Crippen molar-refractivity contribution in [3.8, 4) is 0 Å². The first-order chi connectivity index (χ1) is 12.1. The van der Waals surface area contributed by atoms with Crippen LogP contribution < -0.4 is 10.6 Å². The number of anilines is 2. The second kappa shape index (κ2) is 7.52. The summed E-state index contributed by atoms with van der Waals surface area (Å²) in [7, 11) is 0. The van der Waals surface area contributed by atoms with Gasteiger partial charge in [-0.1, -0.05) is 0 Å². The fraction of sp³-hybridized carbons (Fsp3) is 0.471. The zero-order valence-corrected chi connectivity index (χ0v) is 14.5. The van der Waals surface area contributed by atoms with Crippen LogP contribution in [0.15, 0.2) is 30.6 Å². The molecule has 25 heavy (non-hydrogen) atoms. The van der Waals surface area contributed by atoms with Gasteiger partial charge in [-0.05, 0) is 25.5 Å². The van der Waals surface area contributed by atoms with Crippen LogP contribution in [0.5, 0.6) is 0 Å². The van der Waals surface area contributed by atoms with Crippen LogP contribution in [0.3, 0.4) is 0 Å². The Hall–Kier alpha value is -2.61. The van der Waals surface area contributed by atoms with Gasteiger partial charge >= 0.3 is 0 Å². The third-order valence-corrected chi connectivity index (χ3v) is 4.54. The monoisotopic (exact) mass is 344 g/mol. The minimum absolute atomic E-state index is 0.117. The molecule has 8 heteroatoms. The highest BCUT2D eigenvalue weighted by Crippen LogP contribution is 2.31. The molecule has 2 N–H and O–H groups in total. The zero-order chi connectivity index (χ0) is 17.8. The van der Waals surface area contributed by atoms with E-state index in [4.69, 9.17) is 5.73 Å². The van der Waals surface area contributed by atoms with E-state index < -0.39 is 0 Å². The van der Waals surface area contributed by atoms with Gasteiger partial charge in [-0.2, -0.15) is 5.10 Å². The van der Waals surface area contributed by atoms with Crippen LogP contribution in [0.1, 0.15) is 18.9 Å². The predicted octanol–water partition coefficient (Wildman–Crippen LogP) is 2.11. The van der Waals surface area contributed by atoms with E-state index in [0.29, 0.717) is 11.4 Å². The molecule has 3 rings (SSSR count). The molecular weight excluding hydrogens is 320 g/mol. The summed E-state index contributed by atoms with van der Waals surface area (Å²) >= 11 is 0. The molecule has 0 amide bonds. The molecule has 1 fully saturated rings. The van der Waals surface area contributed by atoms with Crippen LogP contribution >= 0.6 is 0 Å². The SMILES string of the molecule is CCn1cc(CN2CCCN(c3cc(N)ccc3[N+](=O)[O-])CC2)cn1. The quantitative estimate of drug-likeness (QED) is 0.507. The molecule has 1 aromatic heterocycles. The Kier molecular flexibility index (Phi) is 5.18. The first kappa shape index (κ1) is 17.2. The van der Waals surface area contributed by atoms with Gasteiger partial charge in [0, 0.05) is 62.8 Å². The first-order valence-electron chi connectivity index (χ1n) is 8.59. The maximum absolute atomic E-state index is 11.3. The van der Waals surface area contributed by atoms with Crippen molar-refractivity contribution in [1.82, 2.24) is 14.7 Å². The van der Waals surface area contributed by atoms with Crippen LogP contribution in [0.2, 0.25) is 0 Å². The van der Waals surface area contributed by atoms with Crippen molar-refractivity contribution in [3.63, 3.8) is 0 Å². The van der Waals surface area contributed by atoms with Crippen molar-refractivity contribution in [3.05, 3.63) is 46.3 Å². The fourth-order valence-electron chi connectivity index (χ4n) is 3.24. The first-order valence-corrected chi connectivity index (χ1v) is 8.59. The lowest BCUT2D eigenvalue weighted by atomic mass is 10.2. The van der Waals surface area contributed by atoms with Crippen molar-refractivity contribution < 1.29 is 4.92 Å². The smallest absolute Gasteiger partial charge is 0.292 e. The molecule has 1 aliphatic heterocycles. The molecule has 0 spiro atoms. The summed E-state index contributed by atoms with van der Waals surface area (Å²) in [5.41, 5.74) is 8.33. The highest BCUT2D eigenvalue weighted by atomic mass is 16.6. The number of hydrogen-bond acceptors (Lipinski definition) is 6. The van der Waals surface area contributed by atoms with Gasteiger partial charge in [0.15, 0.2) is 0 Å². The molecular formula is C17H24N6O2. The molecule has 0 radical (unpaired) electrons. The van der Waals surface area contributed by atoms with Gasteiger partial charge in [0.1, 0.15) is 5.69 Å². The number of aryl methyl sites for hydroxylation is 1. The average molecular weight is 344 g/mol. The standard InChI is InChI=1S/C17H24N6O2/c1-2-22-13-14(11-19-22)12-20-6-3-7-21(9-8-20)17-10-15(18)4-5-16(17)23(24)25/h4-5,10-11,13H,2-3,6-9,12,18H2,1H3. The van der Waals surface area contributed by atoms with E-state index in [9.17, 15) is 10.1 Å². The Balaban J connectivity index is 1.69. The third-order valence-electron chi connectivity index (χ3n) is 4.54. The summed E-state index contributed by atoms with van der Waals surface area (Å²) in [4.78, 5) is 15.4. The Morgan fingerprint density at radius 3 is 2.84 bits per heavy atom. The van der Waals surface area contributed by atoms with Gasteiger partial charge in [-0.15, -0.1) is 0 Å². The minimum Gasteiger partial charge on any atom is -0.399 e. The minimum atomic E-state index is -0.337. The van der Waals surface area contributed by atoms with Crippen molar-refractivity contribution in [2.75, 3.05) is 36.8 Å². The number of nitrogens with zero attached hydrogens (tertiary/aromatic N) is 5. The van der Waals surface area contributed by atoms with Gasteiger partial charge in [0.2, 0.25) is 0 Å². The van der Waals surface area contributed by atoms with Crippen molar-refractivity contribution >= 4 is 17.1 Å². The molecule has 1 aliphatic rings. The number of hydrogen-bond donors (Lipinski definition) is 1. The van der Waals surface area contributed by atoms with Crippen LogP contribution in [-0.2, 0) is 13.1 Å². The zero-order valence-electron chi connectivity index (χ0n) is 14.5. The number of benzene rings is 1. The lowest BCUT2D eigenvalue weighted by Crippen LogP contribution is -2.30. The Morgan fingerprint density at radius 2 is 2.12 bits per heavy atom. The molecule has 1 saturated heterocycles. The van der Waals surface area contributed by atoms with E-state index in [2.05, 4.69) is 28.0 Å². The second-order valence-corrected chi connectivity index (χ2v) is 6.33. The molecule has 0 saturated carbocycles. The normalized spacial score (nSPS) is 16.0. The average Bonchev–Trinajstić information content (AvgIpc) is 2.91. The summed E-state index contributed by atoms with van der Waals surface area (Å²) in [6.45, 7) is 7.13. The van der Waals surface area contributed by atoms with E-state index in [0.717, 1.165) is 45.7 Å². The van der Waals surface area contributed by atoms with E-state index in [-0.39, 0.29) is 10.6 Å². The maximum atomic E-state index is 11.3. The molecule has 0 aliphatic carbocycles. The molecule has 134 valence electrons. The largest absolute Gasteiger partial charge is 0.399 e. The number of rotatable bonds is 5. The predicted molar refractivity (Wildman–Crippen MR) is 97.5 cm³/mol. The Bertz CT molecular complexity index is 744. The van der Waals surface area contributed by atoms with Gasteiger partial charge in [-0.25, -0.2) is 0 Å². The van der Waals surface area contributed by atoms with Gasteiger partial charge in [-0.3, -0.25) is 19.7 Å². The summed E-state index contributed by atoms with van der Waals surface area (Å²) in [5.74, 6) is 0. The lowest BCUT2D eigenvalue weighted by Gasteiger charge is -2.23. The van der Waals surface area contributed by atoms with Crippen LogP contribution in [-0.4, -0.2) is 45.8 Å². The van der Waals surface area contributed by atoms with Gasteiger partial charge in [0.05, 0.1) is 11.1 Å². The highest BCUT2D eigenvalue weighted by molar-refractivity contribution is 5.68. The van der Waals surface area contributed by atoms with E-state index in [1.165, 1.54) is 11.6 Å². The fourth-order valence-corrected chi connectivity index (χ4v) is 3.24. The Labute approximate surface area is 147 Å². The molecule has 1 aromatic carbocycles. The number of aromatic nitrogens is 2. The van der Waals surface area contributed by atoms with Crippen molar-refractivity contribution in [2.24, 2.45) is 0 Å². The maximum Gasteiger partial charge on any atom is 0.292 e. The number of nitrogens with two attached hydrogens (primary N) is 1. The highest BCUT2D eigenvalue weighted by Gasteiger charge is 2.22. The number of nitrogen functional groups attached to an aromatic ring is 1. The summed E-state index contributed by atoms with van der Waals surface area (Å²) < 4.78 is 1.93. The second-order valence-electron chi connectivity index (χ2n) is 6.33. The summed E-state index contributed by atoms with van der Waals surface area (Å²) in [6, 6.07) is 4.78. The molecule has 8 nitrogen and oxygen atoms in total. The number of nitro benzene ring substituents is 1. The van der Waals surface area contributed by atoms with Crippen LogP contribution in [0.4, 0.5) is 17.1 Å². The number of nitro groups is 1. The lowest BCUT2D eigenvalue weighted by molar-refractivity contribution is -0.384. The van der Waals surface area contributed by atoms with Gasteiger partial charge < -0.3 is 10.6 Å². The third kappa shape index (κ3) is 4.08. The van der Waals surface area contributed by atoms with E-state index >= 15 is 0 Å². The Morgan fingerprint density at radius 1 is 1.28 bits per heavy atom. The summed E-state index contributed by atoms with van der Waals surface area (Å²) in [6.07, 6.45) is 4.94. The molecule has 0 unspecified atom stereocenters. The van der Waals surface area contributed by atoms with E-state index in [1.54, 1.807) is 12.1 Å². The van der Waals surface area contributed by atoms with Crippen LogP contribution in [0, 0.1) is 10.1 Å². The van der Waals surface area contributed by atoms with Gasteiger partial charge in [0.25, 0.3) is 5.69 Å². The summed E-state index contributed by atoms with van der Waals surface area (Å²) in [5, 5.41) is 15.6. The molecule has 0 bridgehead atoms. The van der Waals surface area contributed by atoms with E-state index in [1.807, 2.05) is 10.9 Å². The van der Waals surface area contributed by atoms with Crippen molar-refractivity contribution in [2.45, 2.75) is 26.4 Å².